The summed E-state index contributed by atoms with van der Waals surface area (Å²) in [6.07, 6.45) is 0.466. The van der Waals surface area contributed by atoms with Crippen molar-refractivity contribution in [1.29, 1.82) is 0 Å². The van der Waals surface area contributed by atoms with E-state index in [0.717, 1.165) is 27.4 Å². The largest absolute Gasteiger partial charge is 0.481 e. The molecule has 4 rings (SSSR count). The third-order valence-corrected chi connectivity index (χ3v) is 7.60. The molecule has 3 aromatic rings. The van der Waals surface area contributed by atoms with Gasteiger partial charge in [0, 0.05) is 37.2 Å². The van der Waals surface area contributed by atoms with E-state index in [2.05, 4.69) is 22.4 Å². The van der Waals surface area contributed by atoms with Crippen molar-refractivity contribution in [2.24, 2.45) is 13.0 Å². The lowest BCUT2D eigenvalue weighted by molar-refractivity contribution is -0.268. The molecule has 10 nitrogen and oxygen atoms in total. The fraction of sp³-hybridized carbons (Fsp3) is 0.407. The second-order valence-corrected chi connectivity index (χ2v) is 10.3. The Morgan fingerprint density at radius 3 is 2.34 bits per heavy atom. The standard InChI is InChI=1S/C27H32N4O6S/c1-17-22(15-38-27-30-29-16-31(27)2)36-26(37-25(17)20-7-5-19(14-32)6-8-20)21-9-3-18(4-10-21)13-28-23(33)11-12-24(34)35/h3-10,16-17,22,25-26,32H,11-15H2,1-2H3,(H,28,33)(H,34,35)/t17-,22+,25+,26+/m0/s1. The lowest BCUT2D eigenvalue weighted by Crippen LogP contribution is -2.38. The molecule has 0 saturated carbocycles. The molecule has 38 heavy (non-hydrogen) atoms. The number of ether oxygens (including phenoxy) is 2. The topological polar surface area (TPSA) is 136 Å². The molecule has 1 amide bonds. The van der Waals surface area contributed by atoms with E-state index in [1.807, 2.05) is 60.1 Å². The molecule has 4 atom stereocenters. The number of carboxylic acid groups (broad SMARTS) is 1. The highest BCUT2D eigenvalue weighted by Crippen LogP contribution is 2.42. The van der Waals surface area contributed by atoms with Gasteiger partial charge in [-0.2, -0.15) is 0 Å². The number of thioether (sulfide) groups is 1. The van der Waals surface area contributed by atoms with Crippen LogP contribution in [-0.2, 0) is 39.3 Å². The van der Waals surface area contributed by atoms with Crippen molar-refractivity contribution in [2.45, 2.75) is 56.6 Å². The molecule has 0 spiro atoms. The zero-order valence-corrected chi connectivity index (χ0v) is 22.1. The van der Waals surface area contributed by atoms with Crippen molar-refractivity contribution in [3.05, 3.63) is 77.1 Å². The number of aliphatic carboxylic acids is 1. The monoisotopic (exact) mass is 540 g/mol. The molecule has 0 radical (unpaired) electrons. The van der Waals surface area contributed by atoms with E-state index in [1.54, 1.807) is 18.1 Å². The third-order valence-electron chi connectivity index (χ3n) is 6.48. The van der Waals surface area contributed by atoms with Crippen LogP contribution in [0.1, 0.15) is 54.4 Å². The second-order valence-electron chi connectivity index (χ2n) is 9.27. The van der Waals surface area contributed by atoms with Crippen molar-refractivity contribution in [1.82, 2.24) is 20.1 Å². The Morgan fingerprint density at radius 2 is 1.71 bits per heavy atom. The first-order valence-electron chi connectivity index (χ1n) is 12.4. The number of amides is 1. The van der Waals surface area contributed by atoms with Crippen LogP contribution in [0, 0.1) is 5.92 Å². The van der Waals surface area contributed by atoms with Gasteiger partial charge < -0.3 is 29.6 Å². The second kappa shape index (κ2) is 13.0. The van der Waals surface area contributed by atoms with E-state index in [9.17, 15) is 14.7 Å². The molecule has 3 N–H and O–H groups in total. The van der Waals surface area contributed by atoms with Gasteiger partial charge in [-0.05, 0) is 16.7 Å². The average Bonchev–Trinajstić information content (AvgIpc) is 3.35. The predicted octanol–water partition coefficient (Wildman–Crippen LogP) is 3.37. The highest BCUT2D eigenvalue weighted by atomic mass is 32.2. The van der Waals surface area contributed by atoms with Gasteiger partial charge in [0.05, 0.1) is 25.2 Å². The first kappa shape index (κ1) is 27.8. The van der Waals surface area contributed by atoms with E-state index < -0.39 is 12.3 Å². The molecule has 2 aromatic carbocycles. The minimum atomic E-state index is -0.998. The van der Waals surface area contributed by atoms with Crippen molar-refractivity contribution < 1.29 is 29.3 Å². The summed E-state index contributed by atoms with van der Waals surface area (Å²) in [7, 11) is 1.90. The molecular weight excluding hydrogens is 508 g/mol. The number of aliphatic hydroxyl groups is 1. The van der Waals surface area contributed by atoms with Crippen LogP contribution in [0.25, 0.3) is 0 Å². The van der Waals surface area contributed by atoms with Crippen LogP contribution in [-0.4, -0.2) is 48.7 Å². The SMILES string of the molecule is C[C@H]1[C@@H](CSc2nncn2C)O[C@@H](c2ccc(CNC(=O)CCC(=O)O)cc2)O[C@H]1c1ccc(CO)cc1. The van der Waals surface area contributed by atoms with Gasteiger partial charge in [0.15, 0.2) is 11.4 Å². The summed E-state index contributed by atoms with van der Waals surface area (Å²) in [5, 5.41) is 29.8. The lowest BCUT2D eigenvalue weighted by atomic mass is 9.91. The number of carboxylic acids is 1. The maximum atomic E-state index is 11.8. The maximum absolute atomic E-state index is 11.8. The summed E-state index contributed by atoms with van der Waals surface area (Å²) in [5.74, 6) is -0.587. The summed E-state index contributed by atoms with van der Waals surface area (Å²) in [4.78, 5) is 22.5. The number of aryl methyl sites for hydroxylation is 1. The van der Waals surface area contributed by atoms with E-state index in [0.29, 0.717) is 12.3 Å². The van der Waals surface area contributed by atoms with Gasteiger partial charge in [-0.1, -0.05) is 67.2 Å². The first-order valence-corrected chi connectivity index (χ1v) is 13.4. The molecular formula is C27H32N4O6S. The van der Waals surface area contributed by atoms with Crippen LogP contribution in [0.4, 0.5) is 0 Å². The number of rotatable bonds is 11. The highest BCUT2D eigenvalue weighted by molar-refractivity contribution is 7.99. The van der Waals surface area contributed by atoms with Gasteiger partial charge >= 0.3 is 5.97 Å². The number of carbonyl (C=O) groups excluding carboxylic acids is 1. The zero-order chi connectivity index (χ0) is 27.1. The van der Waals surface area contributed by atoms with Gasteiger partial charge in [0.2, 0.25) is 5.91 Å². The molecule has 1 aromatic heterocycles. The molecule has 0 bridgehead atoms. The van der Waals surface area contributed by atoms with Gasteiger partial charge in [-0.3, -0.25) is 9.59 Å². The molecule has 202 valence electrons. The summed E-state index contributed by atoms with van der Waals surface area (Å²) < 4.78 is 14.8. The zero-order valence-electron chi connectivity index (χ0n) is 21.3. The Hall–Kier alpha value is -3.25. The highest BCUT2D eigenvalue weighted by Gasteiger charge is 2.38. The molecule has 1 aliphatic heterocycles. The lowest BCUT2D eigenvalue weighted by Gasteiger charge is -2.41. The quantitative estimate of drug-likeness (QED) is 0.313. The van der Waals surface area contributed by atoms with E-state index in [-0.39, 0.29) is 43.5 Å². The summed E-state index contributed by atoms with van der Waals surface area (Å²) >= 11 is 1.58. The van der Waals surface area contributed by atoms with Crippen molar-refractivity contribution in [3.63, 3.8) is 0 Å². The van der Waals surface area contributed by atoms with Crippen LogP contribution in [0.5, 0.6) is 0 Å². The summed E-state index contributed by atoms with van der Waals surface area (Å²) in [5.41, 5.74) is 3.58. The molecule has 2 heterocycles. The van der Waals surface area contributed by atoms with Crippen molar-refractivity contribution in [3.8, 4) is 0 Å². The van der Waals surface area contributed by atoms with Crippen LogP contribution in [0.3, 0.4) is 0 Å². The number of carbonyl (C=O) groups is 2. The smallest absolute Gasteiger partial charge is 0.303 e. The fourth-order valence-corrected chi connectivity index (χ4v) is 5.22. The minimum Gasteiger partial charge on any atom is -0.481 e. The number of nitrogens with zero attached hydrogens (tertiary/aromatic N) is 3. The number of hydrogen-bond acceptors (Lipinski definition) is 8. The number of hydrogen-bond donors (Lipinski definition) is 3. The summed E-state index contributed by atoms with van der Waals surface area (Å²) in [6, 6.07) is 15.4. The van der Waals surface area contributed by atoms with Gasteiger partial charge in [-0.25, -0.2) is 0 Å². The van der Waals surface area contributed by atoms with Crippen LogP contribution in [0.2, 0.25) is 0 Å². The van der Waals surface area contributed by atoms with E-state index >= 15 is 0 Å². The van der Waals surface area contributed by atoms with Gasteiger partial charge in [0.25, 0.3) is 0 Å². The Kier molecular flexibility index (Phi) is 9.51. The maximum Gasteiger partial charge on any atom is 0.303 e. The molecule has 11 heteroatoms. The normalized spacial score (nSPS) is 21.2. The Labute approximate surface area is 225 Å². The van der Waals surface area contributed by atoms with Gasteiger partial charge in [-0.15, -0.1) is 10.2 Å². The Bertz CT molecular complexity index is 1220. The van der Waals surface area contributed by atoms with E-state index in [4.69, 9.17) is 14.6 Å². The number of nitrogens with one attached hydrogen (secondary N) is 1. The van der Waals surface area contributed by atoms with Crippen LogP contribution < -0.4 is 5.32 Å². The number of aromatic nitrogens is 3. The van der Waals surface area contributed by atoms with Gasteiger partial charge in [0.1, 0.15) is 6.33 Å². The molecule has 0 unspecified atom stereocenters. The Balaban J connectivity index is 1.47. The Morgan fingerprint density at radius 1 is 1.03 bits per heavy atom. The summed E-state index contributed by atoms with van der Waals surface area (Å²) in [6.45, 7) is 2.40. The molecule has 1 saturated heterocycles. The third kappa shape index (κ3) is 7.19. The fourth-order valence-electron chi connectivity index (χ4n) is 4.17. The van der Waals surface area contributed by atoms with E-state index in [1.165, 1.54) is 0 Å². The number of aliphatic hydroxyl groups excluding tert-OH is 1. The molecule has 1 fully saturated rings. The molecule has 0 aliphatic carbocycles. The van der Waals surface area contributed by atoms with Crippen LogP contribution >= 0.6 is 11.8 Å². The van der Waals surface area contributed by atoms with Crippen LogP contribution in [0.15, 0.2) is 60.0 Å². The van der Waals surface area contributed by atoms with Crippen molar-refractivity contribution in [2.75, 3.05) is 5.75 Å². The first-order chi connectivity index (χ1) is 18.3. The minimum absolute atomic E-state index is 0.0174. The molecule has 1 aliphatic rings. The average molecular weight is 541 g/mol. The number of benzene rings is 2. The predicted molar refractivity (Wildman–Crippen MR) is 140 cm³/mol. The van der Waals surface area contributed by atoms with Crippen molar-refractivity contribution >= 4 is 23.6 Å².